The number of para-hydroxylation sites is 1. The van der Waals surface area contributed by atoms with E-state index in [0.29, 0.717) is 17.5 Å². The van der Waals surface area contributed by atoms with Gasteiger partial charge < -0.3 is 0 Å². The second kappa shape index (κ2) is 9.81. The highest BCUT2D eigenvalue weighted by Crippen LogP contribution is 2.49. The smallest absolute Gasteiger partial charge is 0.166 e. The van der Waals surface area contributed by atoms with Crippen molar-refractivity contribution in [1.29, 1.82) is 0 Å². The van der Waals surface area contributed by atoms with E-state index in [2.05, 4.69) is 117 Å². The summed E-state index contributed by atoms with van der Waals surface area (Å²) in [6.07, 6.45) is 1.82. The number of fused-ring (bicyclic) bond motifs is 4. The normalized spacial score (nSPS) is 13.1. The van der Waals surface area contributed by atoms with Crippen molar-refractivity contribution < 1.29 is 0 Å². The van der Waals surface area contributed by atoms with Gasteiger partial charge in [0.25, 0.3) is 0 Å². The first kappa shape index (κ1) is 25.2. The molecule has 4 heteroatoms. The Kier molecular flexibility index (Phi) is 5.76. The fourth-order valence-electron chi connectivity index (χ4n) is 6.35. The first-order valence-corrected chi connectivity index (χ1v) is 14.6. The van der Waals surface area contributed by atoms with Crippen LogP contribution < -0.4 is 0 Å². The minimum Gasteiger partial charge on any atom is -0.255 e. The number of pyridine rings is 1. The Labute approximate surface area is 250 Å². The van der Waals surface area contributed by atoms with E-state index in [4.69, 9.17) is 19.9 Å². The van der Waals surface area contributed by atoms with Crippen LogP contribution in [0.15, 0.2) is 134 Å². The summed E-state index contributed by atoms with van der Waals surface area (Å²) in [4.78, 5) is 19.9. The average molecular weight is 553 g/mol. The summed E-state index contributed by atoms with van der Waals surface area (Å²) < 4.78 is 0. The molecule has 4 nitrogen and oxygen atoms in total. The molecule has 0 spiro atoms. The first-order chi connectivity index (χ1) is 21.1. The maximum Gasteiger partial charge on any atom is 0.166 e. The molecule has 1 aliphatic rings. The molecule has 0 atom stereocenters. The predicted molar refractivity (Wildman–Crippen MR) is 174 cm³/mol. The van der Waals surface area contributed by atoms with Crippen LogP contribution in [0.4, 0.5) is 0 Å². The van der Waals surface area contributed by atoms with Gasteiger partial charge in [-0.3, -0.25) is 4.98 Å². The summed E-state index contributed by atoms with van der Waals surface area (Å²) >= 11 is 0. The van der Waals surface area contributed by atoms with Crippen LogP contribution in [0.25, 0.3) is 67.3 Å². The maximum atomic E-state index is 5.09. The Morgan fingerprint density at radius 1 is 0.442 bits per heavy atom. The van der Waals surface area contributed by atoms with Crippen molar-refractivity contribution in [2.45, 2.75) is 19.3 Å². The van der Waals surface area contributed by atoms with Crippen LogP contribution in [0.5, 0.6) is 0 Å². The van der Waals surface area contributed by atoms with Crippen LogP contribution in [0.2, 0.25) is 0 Å². The highest BCUT2D eigenvalue weighted by Gasteiger charge is 2.35. The van der Waals surface area contributed by atoms with Gasteiger partial charge in [-0.1, -0.05) is 117 Å². The van der Waals surface area contributed by atoms with Gasteiger partial charge in [-0.2, -0.15) is 0 Å². The second-order valence-electron chi connectivity index (χ2n) is 11.6. The third-order valence-electron chi connectivity index (χ3n) is 8.58. The number of nitrogens with zero attached hydrogens (tertiary/aromatic N) is 4. The number of benzene rings is 5. The van der Waals surface area contributed by atoms with Crippen molar-refractivity contribution in [3.8, 4) is 56.4 Å². The summed E-state index contributed by atoms with van der Waals surface area (Å²) in [6, 6.07) is 44.3. The Bertz CT molecular complexity index is 2160. The van der Waals surface area contributed by atoms with E-state index in [1.165, 1.54) is 22.3 Å². The lowest BCUT2D eigenvalue weighted by atomic mass is 9.82. The molecule has 204 valence electrons. The monoisotopic (exact) mass is 552 g/mol. The van der Waals surface area contributed by atoms with Crippen molar-refractivity contribution in [1.82, 2.24) is 19.9 Å². The van der Waals surface area contributed by atoms with Crippen molar-refractivity contribution in [3.05, 3.63) is 145 Å². The minimum absolute atomic E-state index is 0.121. The molecule has 0 aliphatic heterocycles. The third kappa shape index (κ3) is 4.22. The first-order valence-electron chi connectivity index (χ1n) is 14.6. The zero-order valence-corrected chi connectivity index (χ0v) is 24.0. The zero-order valence-electron chi connectivity index (χ0n) is 24.0. The van der Waals surface area contributed by atoms with Crippen LogP contribution >= 0.6 is 0 Å². The Morgan fingerprint density at radius 2 is 1.07 bits per heavy atom. The molecule has 0 saturated carbocycles. The quantitative estimate of drug-likeness (QED) is 0.218. The van der Waals surface area contributed by atoms with E-state index in [-0.39, 0.29) is 5.41 Å². The lowest BCUT2D eigenvalue weighted by Crippen LogP contribution is -2.15. The van der Waals surface area contributed by atoms with Gasteiger partial charge in [0.15, 0.2) is 17.5 Å². The second-order valence-corrected chi connectivity index (χ2v) is 11.6. The molecule has 1 aliphatic carbocycles. The molecule has 0 saturated heterocycles. The average Bonchev–Trinajstić information content (AvgIpc) is 3.30. The number of rotatable bonds is 4. The number of aromatic nitrogens is 4. The molecule has 43 heavy (non-hydrogen) atoms. The third-order valence-corrected chi connectivity index (χ3v) is 8.58. The molecule has 0 unspecified atom stereocenters. The van der Waals surface area contributed by atoms with Gasteiger partial charge in [-0.05, 0) is 57.6 Å². The number of hydrogen-bond acceptors (Lipinski definition) is 4. The molecule has 0 bridgehead atoms. The van der Waals surface area contributed by atoms with Crippen molar-refractivity contribution in [3.63, 3.8) is 0 Å². The van der Waals surface area contributed by atoms with Gasteiger partial charge in [0.05, 0.1) is 5.52 Å². The van der Waals surface area contributed by atoms with Crippen LogP contribution in [-0.4, -0.2) is 19.9 Å². The van der Waals surface area contributed by atoms with Crippen molar-refractivity contribution in [2.24, 2.45) is 0 Å². The molecule has 0 N–H and O–H groups in total. The topological polar surface area (TPSA) is 51.6 Å². The number of hydrogen-bond donors (Lipinski definition) is 0. The minimum atomic E-state index is -0.121. The lowest BCUT2D eigenvalue weighted by molar-refractivity contribution is 0.660. The molecule has 5 aromatic carbocycles. The van der Waals surface area contributed by atoms with Gasteiger partial charge in [-0.15, -0.1) is 0 Å². The van der Waals surface area contributed by atoms with E-state index in [1.807, 2.05) is 30.5 Å². The van der Waals surface area contributed by atoms with E-state index >= 15 is 0 Å². The molecular weight excluding hydrogens is 524 g/mol. The molecule has 2 aromatic heterocycles. The predicted octanol–water partition coefficient (Wildman–Crippen LogP) is 9.39. The summed E-state index contributed by atoms with van der Waals surface area (Å²) in [7, 11) is 0. The summed E-state index contributed by atoms with van der Waals surface area (Å²) in [6.45, 7) is 4.59. The van der Waals surface area contributed by atoms with E-state index in [0.717, 1.165) is 38.7 Å². The molecule has 7 aromatic rings. The van der Waals surface area contributed by atoms with E-state index < -0.39 is 0 Å². The van der Waals surface area contributed by atoms with Gasteiger partial charge in [0.2, 0.25) is 0 Å². The van der Waals surface area contributed by atoms with Crippen molar-refractivity contribution >= 4 is 10.9 Å². The Morgan fingerprint density at radius 3 is 1.93 bits per heavy atom. The van der Waals surface area contributed by atoms with Gasteiger partial charge in [0, 0.05) is 33.7 Å². The Balaban J connectivity index is 1.33. The lowest BCUT2D eigenvalue weighted by Gasteiger charge is -2.21. The molecule has 0 fully saturated rings. The summed E-state index contributed by atoms with van der Waals surface area (Å²) in [5.74, 6) is 1.89. The van der Waals surface area contributed by atoms with Gasteiger partial charge >= 0.3 is 0 Å². The fourth-order valence-corrected chi connectivity index (χ4v) is 6.35. The maximum absolute atomic E-state index is 5.09. The molecule has 2 heterocycles. The van der Waals surface area contributed by atoms with Crippen LogP contribution in [0.3, 0.4) is 0 Å². The molecular formula is C39H28N4. The molecule has 8 rings (SSSR count). The molecule has 0 amide bonds. The van der Waals surface area contributed by atoms with Gasteiger partial charge in [0.1, 0.15) is 0 Å². The van der Waals surface area contributed by atoms with Crippen molar-refractivity contribution in [2.75, 3.05) is 0 Å². The Hall–Kier alpha value is -5.48. The highest BCUT2D eigenvalue weighted by molar-refractivity contribution is 5.92. The SMILES string of the molecule is CC1(C)c2ccccc2-c2ccc(-c3nc(-c4cccc(-c5ccccc5)c4)nc(-c4cccc5cccnc45)n3)cc21. The van der Waals surface area contributed by atoms with E-state index in [9.17, 15) is 0 Å². The van der Waals surface area contributed by atoms with Gasteiger partial charge in [-0.25, -0.2) is 15.0 Å². The summed E-state index contributed by atoms with van der Waals surface area (Å²) in [5, 5.41) is 1.05. The van der Waals surface area contributed by atoms with E-state index in [1.54, 1.807) is 0 Å². The van der Waals surface area contributed by atoms with Crippen LogP contribution in [0.1, 0.15) is 25.0 Å². The van der Waals surface area contributed by atoms with Crippen LogP contribution in [0, 0.1) is 0 Å². The zero-order chi connectivity index (χ0) is 29.0. The summed E-state index contributed by atoms with van der Waals surface area (Å²) in [5.41, 5.74) is 11.0. The molecule has 0 radical (unpaired) electrons. The van der Waals surface area contributed by atoms with Crippen LogP contribution in [-0.2, 0) is 5.41 Å². The largest absolute Gasteiger partial charge is 0.255 e. The highest BCUT2D eigenvalue weighted by atomic mass is 15.0. The fraction of sp³-hybridized carbons (Fsp3) is 0.0769. The standard InChI is InChI=1S/C39H28N4/c1-39(2)33-19-7-6-17-30(33)31-21-20-29(24-34(31)39)37-41-36(28-15-8-14-27(23-28)25-11-4-3-5-12-25)42-38(43-37)32-18-9-13-26-16-10-22-40-35(26)32/h3-24H,1-2H3.